The number of hydrogen-bond donors (Lipinski definition) is 1. The van der Waals surface area contributed by atoms with E-state index in [0.29, 0.717) is 0 Å². The van der Waals surface area contributed by atoms with Crippen LogP contribution in [0.1, 0.15) is 26.2 Å². The second-order valence-electron chi connectivity index (χ2n) is 4.41. The summed E-state index contributed by atoms with van der Waals surface area (Å²) in [5.41, 5.74) is 1.31. The summed E-state index contributed by atoms with van der Waals surface area (Å²) in [6.45, 7) is 10.9. The fraction of sp³-hybridized carbons (Fsp3) is 0.833. The van der Waals surface area contributed by atoms with Crippen molar-refractivity contribution in [3.8, 4) is 0 Å². The van der Waals surface area contributed by atoms with Gasteiger partial charge in [0.15, 0.2) is 0 Å². The summed E-state index contributed by atoms with van der Waals surface area (Å²) in [5.74, 6) is 0.976. The molecule has 0 atom stereocenters. The number of piperidine rings is 1. The molecule has 14 heavy (non-hydrogen) atoms. The van der Waals surface area contributed by atoms with Crippen LogP contribution in [0.2, 0.25) is 0 Å². The Hall–Kier alpha value is -0.340. The van der Waals surface area contributed by atoms with Gasteiger partial charge in [0.05, 0.1) is 0 Å². The molecule has 82 valence electrons. The number of likely N-dealkylation sites (N-methyl/N-ethyl adjacent to an activating group) is 1. The van der Waals surface area contributed by atoms with Gasteiger partial charge in [-0.25, -0.2) is 0 Å². The summed E-state index contributed by atoms with van der Waals surface area (Å²) in [5, 5.41) is 3.15. The summed E-state index contributed by atoms with van der Waals surface area (Å²) in [6.07, 6.45) is 4.11. The first kappa shape index (κ1) is 11.7. The molecule has 0 aromatic rings. The van der Waals surface area contributed by atoms with Crippen molar-refractivity contribution in [1.82, 2.24) is 10.2 Å². The smallest absolute Gasteiger partial charge is 0.0202 e. The molecule has 1 rings (SSSR count). The molecule has 0 unspecified atom stereocenters. The standard InChI is InChI=1S/C12H24N2/c1-4-12-5-7-14(8-6-12)10-11(2)9-13-3/h12-13H,2,4-10H2,1,3H3. The highest BCUT2D eigenvalue weighted by Gasteiger charge is 2.17. The predicted octanol–water partition coefficient (Wildman–Crippen LogP) is 1.88. The highest BCUT2D eigenvalue weighted by molar-refractivity contribution is 4.99. The van der Waals surface area contributed by atoms with E-state index in [2.05, 4.69) is 23.7 Å². The molecule has 0 spiro atoms. The van der Waals surface area contributed by atoms with Crippen molar-refractivity contribution in [3.63, 3.8) is 0 Å². The number of nitrogens with one attached hydrogen (secondary N) is 1. The third-order valence-electron chi connectivity index (χ3n) is 3.16. The fourth-order valence-corrected chi connectivity index (χ4v) is 2.17. The van der Waals surface area contributed by atoms with Gasteiger partial charge >= 0.3 is 0 Å². The van der Waals surface area contributed by atoms with Crippen LogP contribution < -0.4 is 5.32 Å². The summed E-state index contributed by atoms with van der Waals surface area (Å²) in [6, 6.07) is 0. The Bertz CT molecular complexity index is 169. The lowest BCUT2D eigenvalue weighted by Gasteiger charge is -2.31. The van der Waals surface area contributed by atoms with Crippen LogP contribution in [0.5, 0.6) is 0 Å². The molecule has 1 fully saturated rings. The molecule has 1 aliphatic heterocycles. The largest absolute Gasteiger partial charge is 0.316 e. The minimum Gasteiger partial charge on any atom is -0.316 e. The first-order valence-corrected chi connectivity index (χ1v) is 5.79. The summed E-state index contributed by atoms with van der Waals surface area (Å²) >= 11 is 0. The summed E-state index contributed by atoms with van der Waals surface area (Å²) < 4.78 is 0. The lowest BCUT2D eigenvalue weighted by molar-refractivity contribution is 0.194. The van der Waals surface area contributed by atoms with Crippen molar-refractivity contribution in [2.75, 3.05) is 33.2 Å². The lowest BCUT2D eigenvalue weighted by Crippen LogP contribution is -2.35. The van der Waals surface area contributed by atoms with Crippen molar-refractivity contribution < 1.29 is 0 Å². The van der Waals surface area contributed by atoms with E-state index in [-0.39, 0.29) is 0 Å². The van der Waals surface area contributed by atoms with Crippen molar-refractivity contribution in [3.05, 3.63) is 12.2 Å². The normalized spacial score (nSPS) is 19.9. The van der Waals surface area contributed by atoms with Gasteiger partial charge in [0.25, 0.3) is 0 Å². The molecule has 0 aliphatic carbocycles. The Labute approximate surface area is 88.4 Å². The van der Waals surface area contributed by atoms with E-state index in [4.69, 9.17) is 0 Å². The van der Waals surface area contributed by atoms with E-state index in [1.54, 1.807) is 0 Å². The van der Waals surface area contributed by atoms with E-state index in [1.807, 2.05) is 7.05 Å². The number of nitrogens with zero attached hydrogens (tertiary/aromatic N) is 1. The average molecular weight is 196 g/mol. The molecule has 2 heteroatoms. The van der Waals surface area contributed by atoms with Crippen molar-refractivity contribution in [2.24, 2.45) is 5.92 Å². The molecule has 2 nitrogen and oxygen atoms in total. The highest BCUT2D eigenvalue weighted by atomic mass is 15.1. The predicted molar refractivity (Wildman–Crippen MR) is 62.5 cm³/mol. The number of rotatable bonds is 5. The SMILES string of the molecule is C=C(CNC)CN1CCC(CC)CC1. The van der Waals surface area contributed by atoms with Gasteiger partial charge in [-0.3, -0.25) is 4.90 Å². The topological polar surface area (TPSA) is 15.3 Å². The average Bonchev–Trinajstić information content (AvgIpc) is 2.19. The van der Waals surface area contributed by atoms with E-state index in [9.17, 15) is 0 Å². The van der Waals surface area contributed by atoms with E-state index in [0.717, 1.165) is 19.0 Å². The van der Waals surface area contributed by atoms with Crippen LogP contribution in [0.25, 0.3) is 0 Å². The molecule has 0 aromatic heterocycles. The molecular weight excluding hydrogens is 172 g/mol. The fourth-order valence-electron chi connectivity index (χ4n) is 2.17. The Morgan fingerprint density at radius 1 is 1.43 bits per heavy atom. The maximum Gasteiger partial charge on any atom is 0.0202 e. The van der Waals surface area contributed by atoms with Gasteiger partial charge in [-0.2, -0.15) is 0 Å². The van der Waals surface area contributed by atoms with Crippen molar-refractivity contribution >= 4 is 0 Å². The lowest BCUT2D eigenvalue weighted by atomic mass is 9.94. The highest BCUT2D eigenvalue weighted by Crippen LogP contribution is 2.20. The zero-order valence-electron chi connectivity index (χ0n) is 9.68. The maximum atomic E-state index is 4.07. The third kappa shape index (κ3) is 3.81. The second kappa shape index (κ2) is 6.20. The molecule has 1 aliphatic rings. The van der Waals surface area contributed by atoms with Gasteiger partial charge in [-0.05, 0) is 44.5 Å². The zero-order chi connectivity index (χ0) is 10.4. The quantitative estimate of drug-likeness (QED) is 0.675. The van der Waals surface area contributed by atoms with Crippen LogP contribution in [-0.2, 0) is 0 Å². The van der Waals surface area contributed by atoms with Gasteiger partial charge in [-0.1, -0.05) is 19.9 Å². The molecule has 0 aromatic carbocycles. The van der Waals surface area contributed by atoms with Crippen LogP contribution in [0.4, 0.5) is 0 Å². The number of likely N-dealkylation sites (tertiary alicyclic amines) is 1. The van der Waals surface area contributed by atoms with Crippen LogP contribution in [0.3, 0.4) is 0 Å². The van der Waals surface area contributed by atoms with Gasteiger partial charge in [0.2, 0.25) is 0 Å². The molecule has 1 saturated heterocycles. The maximum absolute atomic E-state index is 4.07. The van der Waals surface area contributed by atoms with Crippen molar-refractivity contribution in [2.45, 2.75) is 26.2 Å². The molecule has 1 N–H and O–H groups in total. The molecule has 0 amide bonds. The molecular formula is C12H24N2. The van der Waals surface area contributed by atoms with Crippen LogP contribution >= 0.6 is 0 Å². The van der Waals surface area contributed by atoms with Gasteiger partial charge in [0, 0.05) is 13.1 Å². The third-order valence-corrected chi connectivity index (χ3v) is 3.16. The minimum atomic E-state index is 0.952. The molecule has 0 bridgehead atoms. The summed E-state index contributed by atoms with van der Waals surface area (Å²) in [7, 11) is 1.98. The van der Waals surface area contributed by atoms with Crippen LogP contribution in [0, 0.1) is 5.92 Å². The van der Waals surface area contributed by atoms with E-state index in [1.165, 1.54) is 37.9 Å². The first-order valence-electron chi connectivity index (χ1n) is 5.79. The monoisotopic (exact) mass is 196 g/mol. The van der Waals surface area contributed by atoms with E-state index < -0.39 is 0 Å². The Morgan fingerprint density at radius 2 is 2.07 bits per heavy atom. The summed E-state index contributed by atoms with van der Waals surface area (Å²) in [4.78, 5) is 2.53. The Balaban J connectivity index is 2.18. The van der Waals surface area contributed by atoms with Crippen molar-refractivity contribution in [1.29, 1.82) is 0 Å². The molecule has 1 heterocycles. The Kier molecular flexibility index (Phi) is 5.20. The Morgan fingerprint density at radius 3 is 2.57 bits per heavy atom. The first-order chi connectivity index (χ1) is 6.76. The van der Waals surface area contributed by atoms with Crippen LogP contribution in [-0.4, -0.2) is 38.1 Å². The van der Waals surface area contributed by atoms with Crippen LogP contribution in [0.15, 0.2) is 12.2 Å². The van der Waals surface area contributed by atoms with Gasteiger partial charge < -0.3 is 5.32 Å². The molecule has 0 saturated carbocycles. The van der Waals surface area contributed by atoms with Gasteiger partial charge in [-0.15, -0.1) is 0 Å². The van der Waals surface area contributed by atoms with Gasteiger partial charge in [0.1, 0.15) is 0 Å². The number of hydrogen-bond acceptors (Lipinski definition) is 2. The molecule has 0 radical (unpaired) electrons. The minimum absolute atomic E-state index is 0.952. The van der Waals surface area contributed by atoms with E-state index >= 15 is 0 Å². The second-order valence-corrected chi connectivity index (χ2v) is 4.41. The zero-order valence-corrected chi connectivity index (χ0v) is 9.68.